The molecule has 0 bridgehead atoms. The Bertz CT molecular complexity index is 851. The summed E-state index contributed by atoms with van der Waals surface area (Å²) in [6.45, 7) is 6.73. The van der Waals surface area contributed by atoms with Gasteiger partial charge >= 0.3 is 0 Å². The smallest absolute Gasteiger partial charge is 0.227 e. The Morgan fingerprint density at radius 1 is 0.821 bits per heavy atom. The van der Waals surface area contributed by atoms with Crippen LogP contribution in [0.4, 0.5) is 5.69 Å². The van der Waals surface area contributed by atoms with Gasteiger partial charge in [0.15, 0.2) is 0 Å². The fourth-order valence-electron chi connectivity index (χ4n) is 3.82. The summed E-state index contributed by atoms with van der Waals surface area (Å²) < 4.78 is 0. The molecule has 1 fully saturated rings. The van der Waals surface area contributed by atoms with Crippen LogP contribution in [0.15, 0.2) is 42.5 Å². The minimum absolute atomic E-state index is 0.00897. The van der Waals surface area contributed by atoms with Crippen molar-refractivity contribution in [2.75, 3.05) is 5.32 Å². The molecule has 0 unspecified atom stereocenters. The van der Waals surface area contributed by atoms with Crippen molar-refractivity contribution >= 4 is 17.5 Å². The molecule has 148 valence electrons. The van der Waals surface area contributed by atoms with Crippen molar-refractivity contribution in [1.82, 2.24) is 5.32 Å². The van der Waals surface area contributed by atoms with Crippen molar-refractivity contribution in [2.45, 2.75) is 53.0 Å². The fraction of sp³-hybridized carbons (Fsp3) is 0.417. The molecular weight excluding hydrogens is 348 g/mol. The van der Waals surface area contributed by atoms with Crippen molar-refractivity contribution in [1.29, 1.82) is 0 Å². The SMILES string of the molecule is Cc1ccc(NC(=O)C2CCC(C(=O)NCc3ccccc3C)CC2)cc1C. The van der Waals surface area contributed by atoms with Gasteiger partial charge in [-0.2, -0.15) is 0 Å². The number of aryl methyl sites for hydroxylation is 3. The molecule has 1 saturated carbocycles. The first-order chi connectivity index (χ1) is 13.4. The first-order valence-corrected chi connectivity index (χ1v) is 10.1. The van der Waals surface area contributed by atoms with Crippen LogP contribution in [0, 0.1) is 32.6 Å². The molecule has 2 aromatic carbocycles. The second-order valence-corrected chi connectivity index (χ2v) is 7.98. The lowest BCUT2D eigenvalue weighted by molar-refractivity contribution is -0.128. The highest BCUT2D eigenvalue weighted by Crippen LogP contribution is 2.30. The van der Waals surface area contributed by atoms with E-state index in [0.717, 1.165) is 36.9 Å². The van der Waals surface area contributed by atoms with Gasteiger partial charge in [-0.05, 0) is 80.8 Å². The van der Waals surface area contributed by atoms with Gasteiger partial charge in [0.25, 0.3) is 0 Å². The van der Waals surface area contributed by atoms with E-state index in [-0.39, 0.29) is 23.7 Å². The van der Waals surface area contributed by atoms with Crippen LogP contribution in [0.3, 0.4) is 0 Å². The number of anilines is 1. The van der Waals surface area contributed by atoms with Crippen LogP contribution in [0.5, 0.6) is 0 Å². The minimum atomic E-state index is -0.0120. The highest BCUT2D eigenvalue weighted by atomic mass is 16.2. The van der Waals surface area contributed by atoms with E-state index >= 15 is 0 Å². The highest BCUT2D eigenvalue weighted by molar-refractivity contribution is 5.93. The third kappa shape index (κ3) is 5.00. The number of nitrogens with one attached hydrogen (secondary N) is 2. The van der Waals surface area contributed by atoms with Gasteiger partial charge in [0.05, 0.1) is 0 Å². The summed E-state index contributed by atoms with van der Waals surface area (Å²) in [4.78, 5) is 25.1. The summed E-state index contributed by atoms with van der Waals surface area (Å²) in [5.74, 6) is 0.176. The maximum Gasteiger partial charge on any atom is 0.227 e. The van der Waals surface area contributed by atoms with Crippen LogP contribution in [0.2, 0.25) is 0 Å². The number of hydrogen-bond donors (Lipinski definition) is 2. The second-order valence-electron chi connectivity index (χ2n) is 7.98. The van der Waals surface area contributed by atoms with Crippen molar-refractivity contribution in [2.24, 2.45) is 11.8 Å². The van der Waals surface area contributed by atoms with Crippen LogP contribution in [-0.2, 0) is 16.1 Å². The quantitative estimate of drug-likeness (QED) is 0.794. The minimum Gasteiger partial charge on any atom is -0.352 e. The topological polar surface area (TPSA) is 58.2 Å². The Hall–Kier alpha value is -2.62. The largest absolute Gasteiger partial charge is 0.352 e. The average Bonchev–Trinajstić information content (AvgIpc) is 2.70. The van der Waals surface area contributed by atoms with E-state index < -0.39 is 0 Å². The summed E-state index contributed by atoms with van der Waals surface area (Å²) in [5, 5.41) is 6.10. The molecule has 2 aromatic rings. The third-order valence-corrected chi connectivity index (χ3v) is 5.96. The van der Waals surface area contributed by atoms with Crippen molar-refractivity contribution < 1.29 is 9.59 Å². The van der Waals surface area contributed by atoms with Gasteiger partial charge in [0.2, 0.25) is 11.8 Å². The predicted octanol–water partition coefficient (Wildman–Crippen LogP) is 4.67. The molecule has 1 aliphatic carbocycles. The van der Waals surface area contributed by atoms with Gasteiger partial charge in [0, 0.05) is 24.1 Å². The normalized spacial score (nSPS) is 19.1. The first-order valence-electron chi connectivity index (χ1n) is 10.1. The zero-order valence-corrected chi connectivity index (χ0v) is 17.0. The van der Waals surface area contributed by atoms with Gasteiger partial charge in [-0.25, -0.2) is 0 Å². The average molecular weight is 379 g/mol. The van der Waals surface area contributed by atoms with Crippen LogP contribution >= 0.6 is 0 Å². The molecule has 1 aliphatic rings. The Morgan fingerprint density at radius 2 is 1.46 bits per heavy atom. The Kier molecular flexibility index (Phi) is 6.50. The Morgan fingerprint density at radius 3 is 2.11 bits per heavy atom. The van der Waals surface area contributed by atoms with Crippen LogP contribution in [-0.4, -0.2) is 11.8 Å². The molecule has 2 amide bonds. The van der Waals surface area contributed by atoms with E-state index in [2.05, 4.69) is 30.5 Å². The van der Waals surface area contributed by atoms with Crippen molar-refractivity contribution in [3.05, 3.63) is 64.7 Å². The molecule has 4 heteroatoms. The standard InChI is InChI=1S/C24H30N2O2/c1-16-8-13-22(14-18(16)3)26-24(28)20-11-9-19(10-12-20)23(27)25-15-21-7-5-4-6-17(21)2/h4-8,13-14,19-20H,9-12,15H2,1-3H3,(H,25,27)(H,26,28). The van der Waals surface area contributed by atoms with Crippen molar-refractivity contribution in [3.63, 3.8) is 0 Å². The van der Waals surface area contributed by atoms with E-state index in [1.807, 2.05) is 43.3 Å². The lowest BCUT2D eigenvalue weighted by atomic mass is 9.81. The summed E-state index contributed by atoms with van der Waals surface area (Å²) in [7, 11) is 0. The fourth-order valence-corrected chi connectivity index (χ4v) is 3.82. The van der Waals surface area contributed by atoms with Crippen LogP contribution in [0.25, 0.3) is 0 Å². The molecule has 28 heavy (non-hydrogen) atoms. The van der Waals surface area contributed by atoms with E-state index in [1.165, 1.54) is 16.7 Å². The molecule has 0 aromatic heterocycles. The highest BCUT2D eigenvalue weighted by Gasteiger charge is 2.29. The van der Waals surface area contributed by atoms with E-state index in [9.17, 15) is 9.59 Å². The van der Waals surface area contributed by atoms with Crippen LogP contribution in [0.1, 0.15) is 47.9 Å². The van der Waals surface area contributed by atoms with E-state index in [1.54, 1.807) is 0 Å². The number of benzene rings is 2. The maximum atomic E-state index is 12.6. The molecule has 0 aliphatic heterocycles. The van der Waals surface area contributed by atoms with Crippen molar-refractivity contribution in [3.8, 4) is 0 Å². The first kappa shape index (κ1) is 20.1. The number of carbonyl (C=O) groups excluding carboxylic acids is 2. The molecule has 0 saturated heterocycles. The van der Waals surface area contributed by atoms with Gasteiger partial charge in [0.1, 0.15) is 0 Å². The summed E-state index contributed by atoms with van der Waals surface area (Å²) in [6.07, 6.45) is 3.06. The summed E-state index contributed by atoms with van der Waals surface area (Å²) in [5.41, 5.74) is 5.58. The zero-order valence-electron chi connectivity index (χ0n) is 17.0. The monoisotopic (exact) mass is 378 g/mol. The van der Waals surface area contributed by atoms with Gasteiger partial charge < -0.3 is 10.6 Å². The lowest BCUT2D eigenvalue weighted by Crippen LogP contribution is -2.35. The van der Waals surface area contributed by atoms with Gasteiger partial charge in [-0.3, -0.25) is 9.59 Å². The third-order valence-electron chi connectivity index (χ3n) is 5.96. The number of hydrogen-bond acceptors (Lipinski definition) is 2. The second kappa shape index (κ2) is 9.05. The van der Waals surface area contributed by atoms with Gasteiger partial charge in [-0.15, -0.1) is 0 Å². The molecule has 0 spiro atoms. The summed E-state index contributed by atoms with van der Waals surface area (Å²) in [6, 6.07) is 14.1. The lowest BCUT2D eigenvalue weighted by Gasteiger charge is -2.27. The molecule has 0 radical (unpaired) electrons. The molecular formula is C24H30N2O2. The molecule has 0 heterocycles. The van der Waals surface area contributed by atoms with Crippen LogP contribution < -0.4 is 10.6 Å². The maximum absolute atomic E-state index is 12.6. The summed E-state index contributed by atoms with van der Waals surface area (Å²) >= 11 is 0. The molecule has 4 nitrogen and oxygen atoms in total. The number of carbonyl (C=O) groups is 2. The number of amides is 2. The Balaban J connectivity index is 1.46. The molecule has 2 N–H and O–H groups in total. The van der Waals surface area contributed by atoms with Gasteiger partial charge in [-0.1, -0.05) is 30.3 Å². The Labute approximate surface area is 167 Å². The predicted molar refractivity (Wildman–Crippen MR) is 113 cm³/mol. The number of rotatable bonds is 5. The molecule has 3 rings (SSSR count). The molecule has 0 atom stereocenters. The van der Waals surface area contributed by atoms with E-state index in [0.29, 0.717) is 6.54 Å². The van der Waals surface area contributed by atoms with E-state index in [4.69, 9.17) is 0 Å². The zero-order chi connectivity index (χ0) is 20.1.